The van der Waals surface area contributed by atoms with Crippen LogP contribution >= 0.6 is 0 Å². The van der Waals surface area contributed by atoms with Crippen LogP contribution in [0.15, 0.2) is 12.4 Å². The summed E-state index contributed by atoms with van der Waals surface area (Å²) in [6.07, 6.45) is -1.22. The van der Waals surface area contributed by atoms with E-state index in [1.807, 2.05) is 0 Å². The Hall–Kier alpha value is -1.20. The van der Waals surface area contributed by atoms with Gasteiger partial charge in [0.1, 0.15) is 24.4 Å². The van der Waals surface area contributed by atoms with Crippen LogP contribution in [0.5, 0.6) is 0 Å². The number of aliphatic hydroxyl groups excluding tert-OH is 4. The Labute approximate surface area is 159 Å². The summed E-state index contributed by atoms with van der Waals surface area (Å²) in [5.74, 6) is 0. The minimum Gasteiger partial charge on any atom is -0.394 e. The van der Waals surface area contributed by atoms with Crippen molar-refractivity contribution in [3.8, 4) is 0 Å². The first-order chi connectivity index (χ1) is 13.0. The second kappa shape index (κ2) is 13.1. The quantitative estimate of drug-likeness (QED) is 0.336. The van der Waals surface area contributed by atoms with E-state index in [0.717, 1.165) is 0 Å². The second-order valence-electron chi connectivity index (χ2n) is 5.92. The van der Waals surface area contributed by atoms with E-state index < -0.39 is 30.5 Å². The molecular formula is C18H32N2O7. The van der Waals surface area contributed by atoms with Gasteiger partial charge < -0.3 is 34.6 Å². The van der Waals surface area contributed by atoms with E-state index in [2.05, 4.69) is 9.97 Å². The summed E-state index contributed by atoms with van der Waals surface area (Å²) in [6.45, 7) is 5.76. The Bertz CT molecular complexity index is 503. The highest BCUT2D eigenvalue weighted by molar-refractivity contribution is 5.09. The molecule has 0 radical (unpaired) electrons. The van der Waals surface area contributed by atoms with Gasteiger partial charge in [0, 0.05) is 32.4 Å². The smallest absolute Gasteiger partial charge is 0.129 e. The molecule has 0 saturated heterocycles. The maximum Gasteiger partial charge on any atom is 0.129 e. The van der Waals surface area contributed by atoms with Crippen LogP contribution in [-0.2, 0) is 20.6 Å². The number of rotatable bonds is 14. The molecule has 27 heavy (non-hydrogen) atoms. The lowest BCUT2D eigenvalue weighted by Gasteiger charge is -2.28. The lowest BCUT2D eigenvalue weighted by Crippen LogP contribution is -2.38. The van der Waals surface area contributed by atoms with Crippen LogP contribution in [-0.4, -0.2) is 87.8 Å². The van der Waals surface area contributed by atoms with E-state index in [1.165, 1.54) is 12.4 Å². The van der Waals surface area contributed by atoms with Gasteiger partial charge in [-0.1, -0.05) is 0 Å². The predicted octanol–water partition coefficient (Wildman–Crippen LogP) is -0.387. The number of ether oxygens (including phenoxy) is 3. The molecule has 4 N–H and O–H groups in total. The summed E-state index contributed by atoms with van der Waals surface area (Å²) in [4.78, 5) is 8.54. The molecule has 0 saturated carbocycles. The van der Waals surface area contributed by atoms with Gasteiger partial charge in [0.05, 0.1) is 36.9 Å². The topological polar surface area (TPSA) is 134 Å². The predicted molar refractivity (Wildman–Crippen MR) is 97.1 cm³/mol. The first kappa shape index (κ1) is 23.8. The van der Waals surface area contributed by atoms with E-state index in [9.17, 15) is 20.4 Å². The Morgan fingerprint density at radius 2 is 1.44 bits per heavy atom. The van der Waals surface area contributed by atoms with Gasteiger partial charge in [0.15, 0.2) is 0 Å². The number of aromatic nitrogens is 2. The molecule has 5 atom stereocenters. The van der Waals surface area contributed by atoms with Crippen LogP contribution in [0, 0.1) is 0 Å². The van der Waals surface area contributed by atoms with Crippen LogP contribution < -0.4 is 0 Å². The molecule has 0 amide bonds. The average molecular weight is 388 g/mol. The summed E-state index contributed by atoms with van der Waals surface area (Å²) >= 11 is 0. The van der Waals surface area contributed by atoms with E-state index in [0.29, 0.717) is 31.2 Å². The number of hydrogen-bond donors (Lipinski definition) is 4. The lowest BCUT2D eigenvalue weighted by atomic mass is 10.0. The monoisotopic (exact) mass is 388 g/mol. The Balaban J connectivity index is 2.86. The summed E-state index contributed by atoms with van der Waals surface area (Å²) < 4.78 is 16.2. The van der Waals surface area contributed by atoms with Gasteiger partial charge in [0.2, 0.25) is 0 Å². The zero-order chi connectivity index (χ0) is 20.2. The van der Waals surface area contributed by atoms with Crippen molar-refractivity contribution in [3.05, 3.63) is 23.8 Å². The Morgan fingerprint density at radius 3 is 1.93 bits per heavy atom. The van der Waals surface area contributed by atoms with Crippen molar-refractivity contribution in [3.63, 3.8) is 0 Å². The van der Waals surface area contributed by atoms with Crippen LogP contribution in [0.4, 0.5) is 0 Å². The molecule has 0 aliphatic heterocycles. The fourth-order valence-electron chi connectivity index (χ4n) is 2.67. The largest absolute Gasteiger partial charge is 0.394 e. The molecule has 1 aromatic heterocycles. The lowest BCUT2D eigenvalue weighted by molar-refractivity contribution is -0.124. The molecule has 0 aromatic carbocycles. The first-order valence-electron chi connectivity index (χ1n) is 9.25. The highest BCUT2D eigenvalue weighted by atomic mass is 16.5. The highest BCUT2D eigenvalue weighted by Gasteiger charge is 2.31. The van der Waals surface area contributed by atoms with Crippen molar-refractivity contribution in [2.45, 2.75) is 57.7 Å². The standard InChI is InChI=1S/C18H32N2O7/c1-4-25-15(10-21)14(23)7-12-8-20-13(9-19-12)18(27-6-3)17(24)16(11-22)26-5-2/h8-9,14-18,21-24H,4-7,10-11H2,1-3H3/t14-,15+,16+,17+,18+/m0/s1. The maximum atomic E-state index is 10.5. The van der Waals surface area contributed by atoms with E-state index in [4.69, 9.17) is 14.2 Å². The van der Waals surface area contributed by atoms with Gasteiger partial charge in [-0.2, -0.15) is 0 Å². The van der Waals surface area contributed by atoms with Crippen LogP contribution in [0.25, 0.3) is 0 Å². The van der Waals surface area contributed by atoms with Crippen LogP contribution in [0.3, 0.4) is 0 Å². The first-order valence-corrected chi connectivity index (χ1v) is 9.25. The summed E-state index contributed by atoms with van der Waals surface area (Å²) in [7, 11) is 0. The third-order valence-electron chi connectivity index (χ3n) is 4.02. The minimum absolute atomic E-state index is 0.165. The third kappa shape index (κ3) is 7.38. The van der Waals surface area contributed by atoms with Crippen molar-refractivity contribution in [1.29, 1.82) is 0 Å². The normalized spacial score (nSPS) is 17.3. The van der Waals surface area contributed by atoms with Crippen LogP contribution in [0.2, 0.25) is 0 Å². The maximum absolute atomic E-state index is 10.5. The molecular weight excluding hydrogens is 356 g/mol. The zero-order valence-corrected chi connectivity index (χ0v) is 16.2. The van der Waals surface area contributed by atoms with Crippen molar-refractivity contribution in [2.24, 2.45) is 0 Å². The number of aliphatic hydroxyl groups is 4. The van der Waals surface area contributed by atoms with Crippen molar-refractivity contribution in [1.82, 2.24) is 9.97 Å². The van der Waals surface area contributed by atoms with Crippen molar-refractivity contribution in [2.75, 3.05) is 33.0 Å². The molecule has 0 spiro atoms. The van der Waals surface area contributed by atoms with E-state index >= 15 is 0 Å². The average Bonchev–Trinajstić information content (AvgIpc) is 2.68. The number of hydrogen-bond acceptors (Lipinski definition) is 9. The molecule has 0 fully saturated rings. The molecule has 9 nitrogen and oxygen atoms in total. The highest BCUT2D eigenvalue weighted by Crippen LogP contribution is 2.23. The Morgan fingerprint density at radius 1 is 0.852 bits per heavy atom. The molecule has 1 heterocycles. The van der Waals surface area contributed by atoms with Gasteiger partial charge >= 0.3 is 0 Å². The molecule has 0 aliphatic rings. The van der Waals surface area contributed by atoms with Crippen molar-refractivity contribution < 1.29 is 34.6 Å². The van der Waals surface area contributed by atoms with Gasteiger partial charge in [-0.05, 0) is 20.8 Å². The fraction of sp³-hybridized carbons (Fsp3) is 0.778. The molecule has 0 aliphatic carbocycles. The van der Waals surface area contributed by atoms with Gasteiger partial charge in [-0.15, -0.1) is 0 Å². The van der Waals surface area contributed by atoms with Gasteiger partial charge in [0.25, 0.3) is 0 Å². The molecule has 156 valence electrons. The minimum atomic E-state index is -1.11. The second-order valence-corrected chi connectivity index (χ2v) is 5.92. The molecule has 1 aromatic rings. The molecule has 1 rings (SSSR count). The van der Waals surface area contributed by atoms with Gasteiger partial charge in [-0.3, -0.25) is 9.97 Å². The molecule has 0 unspecified atom stereocenters. The van der Waals surface area contributed by atoms with Gasteiger partial charge in [-0.25, -0.2) is 0 Å². The van der Waals surface area contributed by atoms with Crippen molar-refractivity contribution >= 4 is 0 Å². The van der Waals surface area contributed by atoms with E-state index in [-0.39, 0.29) is 19.6 Å². The summed E-state index contributed by atoms with van der Waals surface area (Å²) in [6, 6.07) is 0. The summed E-state index contributed by atoms with van der Waals surface area (Å²) in [5.41, 5.74) is 0.905. The zero-order valence-electron chi connectivity index (χ0n) is 16.2. The summed E-state index contributed by atoms with van der Waals surface area (Å²) in [5, 5.41) is 39.3. The molecule has 9 heteroatoms. The fourth-order valence-corrected chi connectivity index (χ4v) is 2.67. The van der Waals surface area contributed by atoms with Crippen LogP contribution in [0.1, 0.15) is 38.3 Å². The SMILES string of the molecule is CCO[C@H](c1cnc(C[C@H](O)[C@@H](CO)OCC)cn1)[C@H](O)[C@@H](CO)OCC. The Kier molecular flexibility index (Phi) is 11.5. The van der Waals surface area contributed by atoms with E-state index in [1.54, 1.807) is 20.8 Å². The molecule has 0 bridgehead atoms. The number of nitrogens with zero attached hydrogens (tertiary/aromatic N) is 2. The third-order valence-corrected chi connectivity index (χ3v) is 4.02.